The van der Waals surface area contributed by atoms with Crippen LogP contribution in [-0.4, -0.2) is 5.97 Å². The average molecular weight is 298 g/mol. The first kappa shape index (κ1) is 14.1. The highest BCUT2D eigenvalue weighted by Gasteiger charge is 2.07. The van der Waals surface area contributed by atoms with Crippen molar-refractivity contribution >= 4 is 37.5 Å². The van der Waals surface area contributed by atoms with Crippen LogP contribution in [0.4, 0.5) is 0 Å². The second kappa shape index (κ2) is 6.27. The predicted molar refractivity (Wildman–Crippen MR) is 88.7 cm³/mol. The van der Waals surface area contributed by atoms with E-state index in [0.29, 0.717) is 13.0 Å². The van der Waals surface area contributed by atoms with Gasteiger partial charge in [-0.05, 0) is 30.2 Å². The van der Waals surface area contributed by atoms with Crippen LogP contribution in [0.15, 0.2) is 42.5 Å². The van der Waals surface area contributed by atoms with E-state index in [2.05, 4.69) is 43.3 Å². The molecule has 0 atom stereocenters. The van der Waals surface area contributed by atoms with Gasteiger partial charge >= 0.3 is 5.97 Å². The molecule has 0 aliphatic carbocycles. The van der Waals surface area contributed by atoms with Crippen LogP contribution in [0, 0.1) is 0 Å². The van der Waals surface area contributed by atoms with E-state index in [-0.39, 0.29) is 5.97 Å². The van der Waals surface area contributed by atoms with Crippen molar-refractivity contribution in [3.63, 3.8) is 0 Å². The van der Waals surface area contributed by atoms with E-state index in [4.69, 9.17) is 4.74 Å². The number of carbonyl (C=O) groups excluding carboxylic acids is 1. The molecule has 3 aromatic rings. The van der Waals surface area contributed by atoms with Gasteiger partial charge in [-0.25, -0.2) is 0 Å². The van der Waals surface area contributed by atoms with Crippen LogP contribution in [0.2, 0.25) is 0 Å². The lowest BCUT2D eigenvalue weighted by Gasteiger charge is -2.05. The van der Waals surface area contributed by atoms with Gasteiger partial charge in [0.2, 0.25) is 0 Å². The molecule has 1 aromatic heterocycles. The Kier molecular flexibility index (Phi) is 4.20. The van der Waals surface area contributed by atoms with Gasteiger partial charge in [0.1, 0.15) is 6.61 Å². The summed E-state index contributed by atoms with van der Waals surface area (Å²) >= 11 is 1.80. The lowest BCUT2D eigenvalue weighted by Crippen LogP contribution is -2.03. The summed E-state index contributed by atoms with van der Waals surface area (Å²) < 4.78 is 7.90. The molecule has 3 rings (SSSR count). The summed E-state index contributed by atoms with van der Waals surface area (Å²) in [4.78, 5) is 11.6. The van der Waals surface area contributed by atoms with E-state index < -0.39 is 0 Å². The van der Waals surface area contributed by atoms with E-state index in [1.807, 2.05) is 6.07 Å². The molecule has 3 heteroatoms. The maximum atomic E-state index is 11.6. The van der Waals surface area contributed by atoms with Crippen molar-refractivity contribution in [3.05, 3.63) is 48.0 Å². The third kappa shape index (κ3) is 3.08. The Morgan fingerprint density at radius 1 is 1.10 bits per heavy atom. The second-order valence-corrected chi connectivity index (χ2v) is 6.28. The summed E-state index contributed by atoms with van der Waals surface area (Å²) in [7, 11) is 0. The van der Waals surface area contributed by atoms with Crippen molar-refractivity contribution in [2.75, 3.05) is 0 Å². The number of carbonyl (C=O) groups is 1. The molecule has 2 aromatic carbocycles. The van der Waals surface area contributed by atoms with Crippen LogP contribution in [0.1, 0.15) is 31.7 Å². The minimum atomic E-state index is -0.105. The molecule has 0 saturated heterocycles. The molecule has 0 spiro atoms. The van der Waals surface area contributed by atoms with Gasteiger partial charge in [0.25, 0.3) is 0 Å². The minimum Gasteiger partial charge on any atom is -0.461 e. The van der Waals surface area contributed by atoms with Crippen LogP contribution in [0.5, 0.6) is 0 Å². The number of esters is 1. The van der Waals surface area contributed by atoms with Gasteiger partial charge in [0.05, 0.1) is 0 Å². The number of hydrogen-bond donors (Lipinski definition) is 0. The number of unbranched alkanes of at least 4 members (excludes halogenated alkanes) is 1. The molecule has 0 unspecified atom stereocenters. The third-order valence-electron chi connectivity index (χ3n) is 3.58. The van der Waals surface area contributed by atoms with Gasteiger partial charge < -0.3 is 4.74 Å². The van der Waals surface area contributed by atoms with Crippen LogP contribution in [0.25, 0.3) is 20.2 Å². The lowest BCUT2D eigenvalue weighted by molar-refractivity contribution is -0.145. The summed E-state index contributed by atoms with van der Waals surface area (Å²) in [6.07, 6.45) is 2.43. The molecule has 0 fully saturated rings. The minimum absolute atomic E-state index is 0.105. The fourth-order valence-electron chi connectivity index (χ4n) is 2.42. The first-order valence-electron chi connectivity index (χ1n) is 7.33. The first-order valence-corrected chi connectivity index (χ1v) is 8.15. The van der Waals surface area contributed by atoms with Crippen molar-refractivity contribution in [2.24, 2.45) is 0 Å². The normalized spacial score (nSPS) is 11.1. The summed E-state index contributed by atoms with van der Waals surface area (Å²) in [5, 5.41) is 2.52. The molecule has 0 aliphatic heterocycles. The standard InChI is InChI=1S/C18H18O2S/c1-2-3-8-18(19)20-12-13-9-10-17-15(11-13)14-6-4-5-7-16(14)21-17/h4-7,9-11H,2-3,8,12H2,1H3. The zero-order chi connectivity index (χ0) is 14.7. The topological polar surface area (TPSA) is 26.3 Å². The molecule has 0 N–H and O–H groups in total. The Morgan fingerprint density at radius 3 is 2.76 bits per heavy atom. The largest absolute Gasteiger partial charge is 0.461 e. The number of ether oxygens (including phenoxy) is 1. The van der Waals surface area contributed by atoms with E-state index in [1.54, 1.807) is 11.3 Å². The Balaban J connectivity index is 1.80. The highest BCUT2D eigenvalue weighted by Crippen LogP contribution is 2.34. The van der Waals surface area contributed by atoms with Crippen molar-refractivity contribution in [3.8, 4) is 0 Å². The molecule has 0 saturated carbocycles. The summed E-state index contributed by atoms with van der Waals surface area (Å²) in [5.74, 6) is -0.105. The fourth-order valence-corrected chi connectivity index (χ4v) is 3.51. The molecule has 2 nitrogen and oxygen atoms in total. The Bertz CT molecular complexity index is 773. The SMILES string of the molecule is CCCCC(=O)OCc1ccc2sc3ccccc3c2c1. The zero-order valence-electron chi connectivity index (χ0n) is 12.1. The van der Waals surface area contributed by atoms with Gasteiger partial charge in [0, 0.05) is 26.6 Å². The third-order valence-corrected chi connectivity index (χ3v) is 4.73. The molecular weight excluding hydrogens is 280 g/mol. The van der Waals surface area contributed by atoms with Gasteiger partial charge in [0.15, 0.2) is 0 Å². The number of benzene rings is 2. The fraction of sp³-hybridized carbons (Fsp3) is 0.278. The zero-order valence-corrected chi connectivity index (χ0v) is 12.9. The summed E-state index contributed by atoms with van der Waals surface area (Å²) in [6, 6.07) is 14.7. The molecule has 21 heavy (non-hydrogen) atoms. The molecular formula is C18H18O2S. The lowest BCUT2D eigenvalue weighted by atomic mass is 10.1. The summed E-state index contributed by atoms with van der Waals surface area (Å²) in [5.41, 5.74) is 1.05. The van der Waals surface area contributed by atoms with Crippen LogP contribution in [0.3, 0.4) is 0 Å². The van der Waals surface area contributed by atoms with Gasteiger partial charge in [-0.3, -0.25) is 4.79 Å². The van der Waals surface area contributed by atoms with E-state index in [1.165, 1.54) is 20.2 Å². The number of rotatable bonds is 5. The molecule has 108 valence electrons. The first-order chi connectivity index (χ1) is 10.3. The average Bonchev–Trinajstić information content (AvgIpc) is 2.89. The molecule has 1 heterocycles. The second-order valence-electron chi connectivity index (χ2n) is 5.19. The van der Waals surface area contributed by atoms with E-state index in [0.717, 1.165) is 18.4 Å². The number of hydrogen-bond acceptors (Lipinski definition) is 3. The smallest absolute Gasteiger partial charge is 0.306 e. The van der Waals surface area contributed by atoms with Crippen LogP contribution >= 0.6 is 11.3 Å². The highest BCUT2D eigenvalue weighted by molar-refractivity contribution is 7.25. The Morgan fingerprint density at radius 2 is 1.90 bits per heavy atom. The van der Waals surface area contributed by atoms with Crippen molar-refractivity contribution in [1.29, 1.82) is 0 Å². The number of thiophene rings is 1. The Hall–Kier alpha value is -1.87. The molecule has 0 radical (unpaired) electrons. The van der Waals surface area contributed by atoms with E-state index >= 15 is 0 Å². The predicted octanol–water partition coefficient (Wildman–Crippen LogP) is 5.29. The van der Waals surface area contributed by atoms with Gasteiger partial charge in [-0.2, -0.15) is 0 Å². The molecule has 0 amide bonds. The van der Waals surface area contributed by atoms with Gasteiger partial charge in [-0.1, -0.05) is 37.6 Å². The summed E-state index contributed by atoms with van der Waals surface area (Å²) in [6.45, 7) is 2.44. The van der Waals surface area contributed by atoms with Crippen molar-refractivity contribution < 1.29 is 9.53 Å². The monoisotopic (exact) mass is 298 g/mol. The Labute approximate surface area is 128 Å². The van der Waals surface area contributed by atoms with Crippen molar-refractivity contribution in [2.45, 2.75) is 32.8 Å². The quantitative estimate of drug-likeness (QED) is 0.598. The molecule has 0 aliphatic rings. The van der Waals surface area contributed by atoms with Crippen LogP contribution in [-0.2, 0) is 16.1 Å². The number of fused-ring (bicyclic) bond motifs is 3. The van der Waals surface area contributed by atoms with E-state index in [9.17, 15) is 4.79 Å². The van der Waals surface area contributed by atoms with Gasteiger partial charge in [-0.15, -0.1) is 11.3 Å². The molecule has 0 bridgehead atoms. The van der Waals surface area contributed by atoms with Crippen molar-refractivity contribution in [1.82, 2.24) is 0 Å². The maximum absolute atomic E-state index is 11.6. The van der Waals surface area contributed by atoms with Crippen LogP contribution < -0.4 is 0 Å². The maximum Gasteiger partial charge on any atom is 0.306 e. The highest BCUT2D eigenvalue weighted by atomic mass is 32.1.